The van der Waals surface area contributed by atoms with Crippen LogP contribution in [0.15, 0.2) is 42.5 Å². The molecule has 0 spiro atoms. The molecule has 188 valence electrons. The Labute approximate surface area is 207 Å². The fourth-order valence-electron chi connectivity index (χ4n) is 3.80. The second-order valence-electron chi connectivity index (χ2n) is 8.62. The molecule has 3 aromatic rings. The first-order chi connectivity index (χ1) is 16.6. The van der Waals surface area contributed by atoms with E-state index in [-0.39, 0.29) is 24.9 Å². The fraction of sp³-hybridized carbons (Fsp3) is 0.407. The standard InChI is InChI=1S/C27H30F3NO3S/c1-4-5-20-16-19(8-12-23(20)34-15-14-32)22(33)11-13-24-25(17(2)3)31-26(35-24)18-6-9-21(10-7-18)27(28,29)30/h6-10,12,16-17,32H,4-5,11,13-15H2,1-3H3. The van der Waals surface area contributed by atoms with Gasteiger partial charge in [0.15, 0.2) is 5.78 Å². The van der Waals surface area contributed by atoms with Crippen molar-refractivity contribution in [3.63, 3.8) is 0 Å². The number of aliphatic hydroxyl groups is 1. The van der Waals surface area contributed by atoms with Gasteiger partial charge in [-0.05, 0) is 54.7 Å². The summed E-state index contributed by atoms with van der Waals surface area (Å²) in [5.74, 6) is 0.817. The molecule has 1 heterocycles. The predicted molar refractivity (Wildman–Crippen MR) is 132 cm³/mol. The summed E-state index contributed by atoms with van der Waals surface area (Å²) in [6.45, 7) is 6.20. The van der Waals surface area contributed by atoms with E-state index in [1.807, 2.05) is 19.9 Å². The van der Waals surface area contributed by atoms with Crippen LogP contribution < -0.4 is 4.74 Å². The quantitative estimate of drug-likeness (QED) is 0.283. The lowest BCUT2D eigenvalue weighted by Crippen LogP contribution is -2.07. The second kappa shape index (κ2) is 11.8. The number of aryl methyl sites for hydroxylation is 2. The van der Waals surface area contributed by atoms with Crippen LogP contribution in [0.4, 0.5) is 13.2 Å². The molecule has 1 aromatic heterocycles. The normalized spacial score (nSPS) is 11.8. The zero-order valence-corrected chi connectivity index (χ0v) is 20.9. The number of carbonyl (C=O) groups excluding carboxylic acids is 1. The van der Waals surface area contributed by atoms with Crippen LogP contribution in [0.3, 0.4) is 0 Å². The second-order valence-corrected chi connectivity index (χ2v) is 9.71. The number of carbonyl (C=O) groups is 1. The highest BCUT2D eigenvalue weighted by atomic mass is 32.1. The van der Waals surface area contributed by atoms with Gasteiger partial charge in [-0.1, -0.05) is 39.3 Å². The maximum Gasteiger partial charge on any atom is 0.416 e. The third-order valence-electron chi connectivity index (χ3n) is 5.56. The van der Waals surface area contributed by atoms with Gasteiger partial charge in [0.2, 0.25) is 0 Å². The third kappa shape index (κ3) is 6.92. The Kier molecular flexibility index (Phi) is 9.08. The van der Waals surface area contributed by atoms with Crippen molar-refractivity contribution in [3.05, 3.63) is 69.7 Å². The van der Waals surface area contributed by atoms with Crippen LogP contribution in [0.2, 0.25) is 0 Å². The number of thiazole rings is 1. The Morgan fingerprint density at radius 3 is 2.43 bits per heavy atom. The lowest BCUT2D eigenvalue weighted by atomic mass is 9.99. The minimum Gasteiger partial charge on any atom is -0.491 e. The van der Waals surface area contributed by atoms with E-state index in [2.05, 4.69) is 6.92 Å². The van der Waals surface area contributed by atoms with Crippen molar-refractivity contribution in [1.82, 2.24) is 4.98 Å². The number of ether oxygens (including phenoxy) is 1. The first-order valence-electron chi connectivity index (χ1n) is 11.7. The maximum atomic E-state index is 13.0. The summed E-state index contributed by atoms with van der Waals surface area (Å²) in [6, 6.07) is 10.4. The van der Waals surface area contributed by atoms with Gasteiger partial charge in [-0.25, -0.2) is 4.98 Å². The van der Waals surface area contributed by atoms with E-state index in [4.69, 9.17) is 14.8 Å². The molecule has 0 saturated heterocycles. The van der Waals surface area contributed by atoms with Gasteiger partial charge in [-0.3, -0.25) is 4.79 Å². The van der Waals surface area contributed by atoms with Crippen LogP contribution in [-0.4, -0.2) is 29.1 Å². The van der Waals surface area contributed by atoms with Crippen LogP contribution in [0, 0.1) is 0 Å². The van der Waals surface area contributed by atoms with Crippen molar-refractivity contribution in [2.45, 2.75) is 58.5 Å². The lowest BCUT2D eigenvalue weighted by molar-refractivity contribution is -0.137. The number of halogens is 3. The zero-order valence-electron chi connectivity index (χ0n) is 20.1. The van der Waals surface area contributed by atoms with Crippen LogP contribution in [0.1, 0.15) is 71.6 Å². The monoisotopic (exact) mass is 505 g/mol. The maximum absolute atomic E-state index is 13.0. The molecule has 0 amide bonds. The van der Waals surface area contributed by atoms with E-state index in [1.54, 1.807) is 12.1 Å². The summed E-state index contributed by atoms with van der Waals surface area (Å²) in [5, 5.41) is 9.67. The third-order valence-corrected chi connectivity index (χ3v) is 6.74. The number of benzene rings is 2. The highest BCUT2D eigenvalue weighted by molar-refractivity contribution is 7.15. The van der Waals surface area contributed by atoms with Crippen molar-refractivity contribution >= 4 is 17.1 Å². The van der Waals surface area contributed by atoms with Crippen LogP contribution >= 0.6 is 11.3 Å². The van der Waals surface area contributed by atoms with Crippen molar-refractivity contribution in [2.75, 3.05) is 13.2 Å². The Morgan fingerprint density at radius 2 is 1.83 bits per heavy atom. The van der Waals surface area contributed by atoms with Gasteiger partial charge in [0.25, 0.3) is 0 Å². The van der Waals surface area contributed by atoms with Crippen LogP contribution in [-0.2, 0) is 19.0 Å². The van der Waals surface area contributed by atoms with Gasteiger partial charge in [-0.2, -0.15) is 13.2 Å². The summed E-state index contributed by atoms with van der Waals surface area (Å²) in [7, 11) is 0. The van der Waals surface area contributed by atoms with Crippen molar-refractivity contribution in [3.8, 4) is 16.3 Å². The number of rotatable bonds is 11. The molecule has 0 radical (unpaired) electrons. The van der Waals surface area contributed by atoms with Crippen molar-refractivity contribution in [1.29, 1.82) is 0 Å². The average molecular weight is 506 g/mol. The smallest absolute Gasteiger partial charge is 0.416 e. The topological polar surface area (TPSA) is 59.4 Å². The SMILES string of the molecule is CCCc1cc(C(=O)CCc2sc(-c3ccc(C(F)(F)F)cc3)nc2C(C)C)ccc1OCCO. The molecule has 8 heteroatoms. The Morgan fingerprint density at radius 1 is 1.11 bits per heavy atom. The molecule has 4 nitrogen and oxygen atoms in total. The van der Waals surface area contributed by atoms with E-state index in [0.29, 0.717) is 34.7 Å². The number of alkyl halides is 3. The van der Waals surface area contributed by atoms with E-state index in [1.165, 1.54) is 23.5 Å². The molecule has 3 rings (SSSR count). The minimum atomic E-state index is -4.38. The van der Waals surface area contributed by atoms with E-state index in [9.17, 15) is 18.0 Å². The molecule has 0 bridgehead atoms. The van der Waals surface area contributed by atoms with Crippen LogP contribution in [0.5, 0.6) is 5.75 Å². The van der Waals surface area contributed by atoms with Crippen molar-refractivity contribution in [2.24, 2.45) is 0 Å². The molecule has 2 aromatic carbocycles. The summed E-state index contributed by atoms with van der Waals surface area (Å²) in [5.41, 5.74) is 2.37. The Balaban J connectivity index is 1.77. The van der Waals surface area contributed by atoms with E-state index < -0.39 is 11.7 Å². The highest BCUT2D eigenvalue weighted by Crippen LogP contribution is 2.35. The van der Waals surface area contributed by atoms with Gasteiger partial charge >= 0.3 is 6.18 Å². The highest BCUT2D eigenvalue weighted by Gasteiger charge is 2.30. The molecule has 0 atom stereocenters. The largest absolute Gasteiger partial charge is 0.491 e. The van der Waals surface area contributed by atoms with Crippen LogP contribution in [0.25, 0.3) is 10.6 Å². The number of aromatic nitrogens is 1. The minimum absolute atomic E-state index is 0.00949. The number of hydrogen-bond acceptors (Lipinski definition) is 5. The predicted octanol–water partition coefficient (Wildman–Crippen LogP) is 7.09. The zero-order chi connectivity index (χ0) is 25.6. The average Bonchev–Trinajstić information content (AvgIpc) is 3.26. The fourth-order valence-corrected chi connectivity index (χ4v) is 5.03. The molecule has 0 aliphatic heterocycles. The van der Waals surface area contributed by atoms with Gasteiger partial charge < -0.3 is 9.84 Å². The van der Waals surface area contributed by atoms with E-state index in [0.717, 1.165) is 41.1 Å². The van der Waals surface area contributed by atoms with Gasteiger partial charge in [-0.15, -0.1) is 11.3 Å². The first-order valence-corrected chi connectivity index (χ1v) is 12.5. The van der Waals surface area contributed by atoms with Gasteiger partial charge in [0, 0.05) is 22.4 Å². The number of Topliss-reactive ketones (excluding diaryl/α,β-unsaturated/α-hetero) is 1. The lowest BCUT2D eigenvalue weighted by Gasteiger charge is -2.12. The Bertz CT molecular complexity index is 1140. The Hall–Kier alpha value is -2.71. The summed E-state index contributed by atoms with van der Waals surface area (Å²) in [4.78, 5) is 18.6. The summed E-state index contributed by atoms with van der Waals surface area (Å²) >= 11 is 1.43. The molecule has 1 N–H and O–H groups in total. The molecule has 0 saturated carbocycles. The molecule has 35 heavy (non-hydrogen) atoms. The number of ketones is 1. The molecule has 0 aliphatic rings. The number of hydrogen-bond donors (Lipinski definition) is 1. The summed E-state index contributed by atoms with van der Waals surface area (Å²) < 4.78 is 44.3. The molecule has 0 fully saturated rings. The molecule has 0 aliphatic carbocycles. The number of nitrogens with zero attached hydrogens (tertiary/aromatic N) is 1. The summed E-state index contributed by atoms with van der Waals surface area (Å²) in [6.07, 6.45) is -1.90. The molecular weight excluding hydrogens is 475 g/mol. The number of aliphatic hydroxyl groups excluding tert-OH is 1. The van der Waals surface area contributed by atoms with Crippen molar-refractivity contribution < 1.29 is 27.8 Å². The van der Waals surface area contributed by atoms with Gasteiger partial charge in [0.1, 0.15) is 17.4 Å². The van der Waals surface area contributed by atoms with E-state index >= 15 is 0 Å². The van der Waals surface area contributed by atoms with Gasteiger partial charge in [0.05, 0.1) is 17.9 Å². The molecule has 0 unspecified atom stereocenters. The molecular formula is C27H30F3NO3S. The first kappa shape index (κ1) is 26.9.